The minimum absolute atomic E-state index is 0.0628. The number of aromatic hydroxyl groups is 2. The normalized spacial score (nSPS) is 10.5. The number of hydrazone groups is 1. The summed E-state index contributed by atoms with van der Waals surface area (Å²) in [6.07, 6.45) is 1.27. The number of methoxy groups -OCH3 is 2. The molecule has 0 fully saturated rings. The Morgan fingerprint density at radius 2 is 1.74 bits per heavy atom. The molecule has 0 heterocycles. The van der Waals surface area contributed by atoms with E-state index in [1.54, 1.807) is 18.2 Å². The van der Waals surface area contributed by atoms with Gasteiger partial charge < -0.3 is 19.7 Å². The molecule has 23 heavy (non-hydrogen) atoms. The maximum Gasteiger partial charge on any atom is 0.271 e. The van der Waals surface area contributed by atoms with E-state index in [-0.39, 0.29) is 11.5 Å². The molecular weight excluding hydrogens is 300 g/mol. The molecule has 7 nitrogen and oxygen atoms in total. The lowest BCUT2D eigenvalue weighted by Crippen LogP contribution is -2.17. The summed E-state index contributed by atoms with van der Waals surface area (Å²) in [5.41, 5.74) is 3.00. The summed E-state index contributed by atoms with van der Waals surface area (Å²) >= 11 is 0. The van der Waals surface area contributed by atoms with Gasteiger partial charge in [-0.3, -0.25) is 4.79 Å². The molecule has 0 aliphatic heterocycles. The minimum atomic E-state index is -0.461. The molecule has 120 valence electrons. The molecule has 2 aromatic carbocycles. The van der Waals surface area contributed by atoms with Gasteiger partial charge in [0.1, 0.15) is 23.0 Å². The Bertz CT molecular complexity index is 721. The first-order valence-corrected chi connectivity index (χ1v) is 6.62. The lowest BCUT2D eigenvalue weighted by molar-refractivity contribution is 0.0954. The summed E-state index contributed by atoms with van der Waals surface area (Å²) < 4.78 is 10.2. The molecule has 0 saturated heterocycles. The number of amides is 1. The third-order valence-electron chi connectivity index (χ3n) is 3.00. The van der Waals surface area contributed by atoms with Gasteiger partial charge in [0, 0.05) is 23.3 Å². The van der Waals surface area contributed by atoms with Crippen LogP contribution in [0, 0.1) is 0 Å². The fourth-order valence-electron chi connectivity index (χ4n) is 1.80. The number of rotatable bonds is 5. The highest BCUT2D eigenvalue weighted by Crippen LogP contribution is 2.23. The number of phenolic OH excluding ortho intramolecular Hbond substituents is 2. The number of benzene rings is 2. The molecule has 0 bridgehead atoms. The number of hydrogen-bond donors (Lipinski definition) is 3. The first kappa shape index (κ1) is 16.2. The third-order valence-corrected chi connectivity index (χ3v) is 3.00. The van der Waals surface area contributed by atoms with Crippen molar-refractivity contribution in [3.05, 3.63) is 47.5 Å². The number of carbonyl (C=O) groups is 1. The lowest BCUT2D eigenvalue weighted by Gasteiger charge is -2.07. The fourth-order valence-corrected chi connectivity index (χ4v) is 1.80. The molecule has 0 aromatic heterocycles. The van der Waals surface area contributed by atoms with E-state index in [0.717, 1.165) is 0 Å². The molecule has 0 aliphatic carbocycles. The monoisotopic (exact) mass is 316 g/mol. The van der Waals surface area contributed by atoms with Crippen LogP contribution in [0.4, 0.5) is 0 Å². The molecule has 3 N–H and O–H groups in total. The van der Waals surface area contributed by atoms with Crippen LogP contribution in [0.5, 0.6) is 23.0 Å². The van der Waals surface area contributed by atoms with E-state index in [0.29, 0.717) is 22.6 Å². The summed E-state index contributed by atoms with van der Waals surface area (Å²) in [5.74, 6) is 0.291. The second-order valence-electron chi connectivity index (χ2n) is 4.54. The summed E-state index contributed by atoms with van der Waals surface area (Å²) in [4.78, 5) is 12.1. The smallest absolute Gasteiger partial charge is 0.271 e. The van der Waals surface area contributed by atoms with Crippen LogP contribution < -0.4 is 14.9 Å². The quantitative estimate of drug-likeness (QED) is 0.577. The van der Waals surface area contributed by atoms with Crippen molar-refractivity contribution in [3.63, 3.8) is 0 Å². The van der Waals surface area contributed by atoms with Gasteiger partial charge in [-0.2, -0.15) is 5.10 Å². The maximum absolute atomic E-state index is 12.1. The van der Waals surface area contributed by atoms with Crippen molar-refractivity contribution < 1.29 is 24.5 Å². The average Bonchev–Trinajstić information content (AvgIpc) is 2.56. The Balaban J connectivity index is 2.11. The second-order valence-corrected chi connectivity index (χ2v) is 4.54. The van der Waals surface area contributed by atoms with Gasteiger partial charge in [0.2, 0.25) is 0 Å². The predicted molar refractivity (Wildman–Crippen MR) is 84.4 cm³/mol. The highest BCUT2D eigenvalue weighted by molar-refractivity contribution is 5.96. The summed E-state index contributed by atoms with van der Waals surface area (Å²) in [6, 6.07) is 8.78. The molecule has 1 amide bonds. The van der Waals surface area contributed by atoms with Crippen molar-refractivity contribution in [2.24, 2.45) is 5.10 Å². The SMILES string of the molecule is COc1cc(OC)cc(C(=O)N/N=C\c2ccc(O)cc2O)c1. The molecular formula is C16H16N2O5. The Kier molecular flexibility index (Phi) is 5.03. The van der Waals surface area contributed by atoms with E-state index in [1.165, 1.54) is 38.6 Å². The number of nitrogens with zero attached hydrogens (tertiary/aromatic N) is 1. The van der Waals surface area contributed by atoms with Crippen LogP contribution >= 0.6 is 0 Å². The molecule has 2 rings (SSSR count). The zero-order valence-electron chi connectivity index (χ0n) is 12.6. The summed E-state index contributed by atoms with van der Waals surface area (Å²) in [6.45, 7) is 0. The molecule has 0 radical (unpaired) electrons. The first-order chi connectivity index (χ1) is 11.0. The van der Waals surface area contributed by atoms with Gasteiger partial charge in [-0.1, -0.05) is 0 Å². The van der Waals surface area contributed by atoms with Crippen LogP contribution in [-0.2, 0) is 0 Å². The van der Waals surface area contributed by atoms with Gasteiger partial charge in [-0.15, -0.1) is 0 Å². The van der Waals surface area contributed by atoms with Crippen molar-refractivity contribution in [2.75, 3.05) is 14.2 Å². The zero-order chi connectivity index (χ0) is 16.8. The van der Waals surface area contributed by atoms with Gasteiger partial charge in [-0.05, 0) is 24.3 Å². The number of hydrogen-bond acceptors (Lipinski definition) is 6. The van der Waals surface area contributed by atoms with Gasteiger partial charge in [0.25, 0.3) is 5.91 Å². The van der Waals surface area contributed by atoms with Gasteiger partial charge >= 0.3 is 0 Å². The van der Waals surface area contributed by atoms with Gasteiger partial charge in [0.05, 0.1) is 20.4 Å². The Morgan fingerprint density at radius 3 is 2.30 bits per heavy atom. The zero-order valence-corrected chi connectivity index (χ0v) is 12.6. The van der Waals surface area contributed by atoms with Crippen molar-refractivity contribution in [2.45, 2.75) is 0 Å². The van der Waals surface area contributed by atoms with Crippen molar-refractivity contribution in [3.8, 4) is 23.0 Å². The Labute approximate surface area is 132 Å². The standard InChI is InChI=1S/C16H16N2O5/c1-22-13-5-11(6-14(8-13)23-2)16(21)18-17-9-10-3-4-12(19)7-15(10)20/h3-9,19-20H,1-2H3,(H,18,21)/b17-9-. The molecule has 0 atom stereocenters. The van der Waals surface area contributed by atoms with Gasteiger partial charge in [-0.25, -0.2) is 5.43 Å². The fraction of sp³-hybridized carbons (Fsp3) is 0.125. The number of phenols is 2. The van der Waals surface area contributed by atoms with Crippen LogP contribution in [0.3, 0.4) is 0 Å². The van der Waals surface area contributed by atoms with Crippen molar-refractivity contribution in [1.82, 2.24) is 5.43 Å². The second kappa shape index (κ2) is 7.17. The Morgan fingerprint density at radius 1 is 1.09 bits per heavy atom. The maximum atomic E-state index is 12.1. The predicted octanol–water partition coefficient (Wildman–Crippen LogP) is 1.88. The third kappa shape index (κ3) is 4.13. The minimum Gasteiger partial charge on any atom is -0.508 e. The number of carbonyl (C=O) groups excluding carboxylic acids is 1. The summed E-state index contributed by atoms with van der Waals surface area (Å²) in [7, 11) is 2.98. The van der Waals surface area contributed by atoms with E-state index in [1.807, 2.05) is 0 Å². The molecule has 0 aliphatic rings. The van der Waals surface area contributed by atoms with Gasteiger partial charge in [0.15, 0.2) is 0 Å². The van der Waals surface area contributed by atoms with Crippen LogP contribution in [0.2, 0.25) is 0 Å². The Hall–Kier alpha value is -3.22. The lowest BCUT2D eigenvalue weighted by atomic mass is 10.2. The van der Waals surface area contributed by atoms with Crippen molar-refractivity contribution in [1.29, 1.82) is 0 Å². The largest absolute Gasteiger partial charge is 0.508 e. The van der Waals surface area contributed by atoms with E-state index < -0.39 is 5.91 Å². The van der Waals surface area contributed by atoms with E-state index in [2.05, 4.69) is 10.5 Å². The molecule has 7 heteroatoms. The highest BCUT2D eigenvalue weighted by Gasteiger charge is 2.09. The van der Waals surface area contributed by atoms with E-state index in [4.69, 9.17) is 9.47 Å². The highest BCUT2D eigenvalue weighted by atomic mass is 16.5. The van der Waals surface area contributed by atoms with E-state index >= 15 is 0 Å². The van der Waals surface area contributed by atoms with Crippen LogP contribution in [0.1, 0.15) is 15.9 Å². The number of nitrogens with one attached hydrogen (secondary N) is 1. The first-order valence-electron chi connectivity index (χ1n) is 6.62. The molecule has 0 saturated carbocycles. The molecule has 2 aromatic rings. The van der Waals surface area contributed by atoms with Crippen LogP contribution in [0.25, 0.3) is 0 Å². The van der Waals surface area contributed by atoms with Crippen LogP contribution in [-0.4, -0.2) is 36.6 Å². The number of ether oxygens (including phenoxy) is 2. The summed E-state index contributed by atoms with van der Waals surface area (Å²) in [5, 5.41) is 22.6. The van der Waals surface area contributed by atoms with E-state index in [9.17, 15) is 15.0 Å². The molecule has 0 unspecified atom stereocenters. The topological polar surface area (TPSA) is 100 Å². The average molecular weight is 316 g/mol. The molecule has 0 spiro atoms. The van der Waals surface area contributed by atoms with Crippen LogP contribution in [0.15, 0.2) is 41.5 Å². The van der Waals surface area contributed by atoms with Crippen molar-refractivity contribution >= 4 is 12.1 Å².